The third-order valence-corrected chi connectivity index (χ3v) is 7.79. The summed E-state index contributed by atoms with van der Waals surface area (Å²) in [4.78, 5) is 22.1. The van der Waals surface area contributed by atoms with E-state index in [4.69, 9.17) is 4.74 Å². The van der Waals surface area contributed by atoms with Crippen LogP contribution in [0.15, 0.2) is 41.8 Å². The molecule has 0 bridgehead atoms. The largest absolute Gasteiger partial charge is 0.487 e. The maximum Gasteiger partial charge on any atom is 0.317 e. The van der Waals surface area contributed by atoms with E-state index >= 15 is 0 Å². The van der Waals surface area contributed by atoms with Gasteiger partial charge in [0.2, 0.25) is 10.0 Å². The van der Waals surface area contributed by atoms with Crippen LogP contribution in [0, 0.1) is 5.92 Å². The van der Waals surface area contributed by atoms with E-state index in [-0.39, 0.29) is 48.3 Å². The van der Waals surface area contributed by atoms with Crippen LogP contribution in [0.3, 0.4) is 0 Å². The molecule has 0 saturated carbocycles. The second kappa shape index (κ2) is 10.7. The number of rotatable bonds is 6. The van der Waals surface area contributed by atoms with Crippen molar-refractivity contribution in [2.75, 3.05) is 26.7 Å². The van der Waals surface area contributed by atoms with Gasteiger partial charge < -0.3 is 20.1 Å². The molecule has 0 unspecified atom stereocenters. The molecule has 186 valence electrons. The first-order chi connectivity index (χ1) is 16.0. The van der Waals surface area contributed by atoms with E-state index in [1.165, 1.54) is 21.6 Å². The number of amides is 2. The Balaban J connectivity index is 2.06. The predicted octanol–water partition coefficient (Wildman–Crippen LogP) is 1.96. The topological polar surface area (TPSA) is 125 Å². The quantitative estimate of drug-likeness (QED) is 0.633. The molecule has 0 saturated heterocycles. The van der Waals surface area contributed by atoms with Crippen LogP contribution in [0.1, 0.15) is 27.7 Å². The summed E-state index contributed by atoms with van der Waals surface area (Å²) in [5.74, 6) is -0.0827. The van der Waals surface area contributed by atoms with Crippen LogP contribution in [0.2, 0.25) is 0 Å². The minimum Gasteiger partial charge on any atom is -0.487 e. The van der Waals surface area contributed by atoms with Crippen molar-refractivity contribution >= 4 is 16.1 Å². The smallest absolute Gasteiger partial charge is 0.317 e. The van der Waals surface area contributed by atoms with Crippen LogP contribution in [-0.2, 0) is 10.0 Å². The van der Waals surface area contributed by atoms with Gasteiger partial charge in [-0.3, -0.25) is 0 Å². The standard InChI is InChI=1S/C23H33N5O5S/c1-15(2)26-23(30)27(5)12-21-16(3)11-28(17(4)13-29)34(31,32)22-7-6-18(8-20(22)33-21)19-9-24-14-25-10-19/h6-10,14-17,21,29H,11-13H2,1-5H3,(H,26,30)/t16-,17-,21-/m1/s1. The third kappa shape index (κ3) is 5.65. The van der Waals surface area contributed by atoms with E-state index in [1.54, 1.807) is 38.5 Å². The van der Waals surface area contributed by atoms with Crippen molar-refractivity contribution in [2.24, 2.45) is 5.92 Å². The fourth-order valence-corrected chi connectivity index (χ4v) is 5.61. The van der Waals surface area contributed by atoms with Crippen molar-refractivity contribution in [3.05, 3.63) is 36.9 Å². The van der Waals surface area contributed by atoms with E-state index in [0.29, 0.717) is 11.1 Å². The number of aliphatic hydroxyl groups excluding tert-OH is 1. The number of aliphatic hydroxyl groups is 1. The Hall–Kier alpha value is -2.76. The van der Waals surface area contributed by atoms with E-state index in [0.717, 1.165) is 0 Å². The Morgan fingerprint density at radius 3 is 2.56 bits per heavy atom. The van der Waals surface area contributed by atoms with E-state index < -0.39 is 22.2 Å². The molecule has 2 amide bonds. The first-order valence-corrected chi connectivity index (χ1v) is 12.7. The lowest BCUT2D eigenvalue weighted by Gasteiger charge is -2.37. The van der Waals surface area contributed by atoms with Gasteiger partial charge in [-0.25, -0.2) is 23.2 Å². The number of nitrogens with zero attached hydrogens (tertiary/aromatic N) is 4. The molecule has 11 heteroatoms. The van der Waals surface area contributed by atoms with E-state index in [9.17, 15) is 18.3 Å². The maximum atomic E-state index is 13.6. The minimum absolute atomic E-state index is 0.0135. The van der Waals surface area contributed by atoms with Gasteiger partial charge in [-0.2, -0.15) is 4.31 Å². The molecule has 1 aliphatic heterocycles. The number of benzene rings is 1. The summed E-state index contributed by atoms with van der Waals surface area (Å²) in [6.45, 7) is 7.38. The first kappa shape index (κ1) is 25.9. The Morgan fingerprint density at radius 2 is 1.94 bits per heavy atom. The Bertz CT molecular complexity index is 1100. The number of aromatic nitrogens is 2. The van der Waals surface area contributed by atoms with Gasteiger partial charge >= 0.3 is 6.03 Å². The lowest BCUT2D eigenvalue weighted by Crippen LogP contribution is -2.51. The average molecular weight is 492 g/mol. The molecular weight excluding hydrogens is 458 g/mol. The van der Waals surface area contributed by atoms with Crippen molar-refractivity contribution in [1.82, 2.24) is 24.5 Å². The summed E-state index contributed by atoms with van der Waals surface area (Å²) < 4.78 is 34.7. The number of ether oxygens (including phenoxy) is 1. The summed E-state index contributed by atoms with van der Waals surface area (Å²) >= 11 is 0. The number of likely N-dealkylation sites (N-methyl/N-ethyl adjacent to an activating group) is 1. The molecule has 10 nitrogen and oxygen atoms in total. The van der Waals surface area contributed by atoms with Crippen LogP contribution < -0.4 is 10.1 Å². The van der Waals surface area contributed by atoms with Gasteiger partial charge in [0.15, 0.2) is 0 Å². The van der Waals surface area contributed by atoms with Gasteiger partial charge in [0, 0.05) is 49.6 Å². The van der Waals surface area contributed by atoms with Crippen molar-refractivity contribution in [3.8, 4) is 16.9 Å². The molecule has 0 fully saturated rings. The number of fused-ring (bicyclic) bond motifs is 1. The number of sulfonamides is 1. The van der Waals surface area contributed by atoms with Crippen molar-refractivity contribution < 1.29 is 23.1 Å². The summed E-state index contributed by atoms with van der Waals surface area (Å²) in [5.41, 5.74) is 1.42. The molecule has 0 radical (unpaired) electrons. The second-order valence-electron chi connectivity index (χ2n) is 9.01. The molecule has 2 N–H and O–H groups in total. The SMILES string of the molecule is CC(C)NC(=O)N(C)C[C@H]1Oc2cc(-c3cncnc3)ccc2S(=O)(=O)N([C@H](C)CO)C[C@H]1C. The predicted molar refractivity (Wildman–Crippen MR) is 128 cm³/mol. The summed E-state index contributed by atoms with van der Waals surface area (Å²) in [6, 6.07) is 3.97. The lowest BCUT2D eigenvalue weighted by atomic mass is 10.0. The van der Waals surface area contributed by atoms with Gasteiger partial charge in [-0.05, 0) is 38.5 Å². The number of urea groups is 1. The molecule has 1 aromatic carbocycles. The van der Waals surface area contributed by atoms with E-state index in [1.807, 2.05) is 20.8 Å². The number of nitrogens with one attached hydrogen (secondary N) is 1. The number of hydrogen-bond donors (Lipinski definition) is 2. The van der Waals surface area contributed by atoms with Crippen LogP contribution in [-0.4, -0.2) is 83.7 Å². The summed E-state index contributed by atoms with van der Waals surface area (Å²) in [7, 11) is -2.27. The maximum absolute atomic E-state index is 13.6. The van der Waals surface area contributed by atoms with Crippen molar-refractivity contribution in [2.45, 2.75) is 50.8 Å². The number of hydrogen-bond acceptors (Lipinski definition) is 7. The average Bonchev–Trinajstić information content (AvgIpc) is 2.80. The molecule has 2 aromatic rings. The van der Waals surface area contributed by atoms with Crippen molar-refractivity contribution in [1.29, 1.82) is 0 Å². The van der Waals surface area contributed by atoms with Crippen LogP contribution in [0.4, 0.5) is 4.79 Å². The molecular formula is C23H33N5O5S. The molecule has 2 heterocycles. The zero-order valence-corrected chi connectivity index (χ0v) is 21.0. The van der Waals surface area contributed by atoms with Gasteiger partial charge in [-0.1, -0.05) is 13.0 Å². The van der Waals surface area contributed by atoms with Crippen LogP contribution >= 0.6 is 0 Å². The number of carbonyl (C=O) groups is 1. The van der Waals surface area contributed by atoms with Gasteiger partial charge in [0.1, 0.15) is 23.1 Å². The monoisotopic (exact) mass is 491 g/mol. The Morgan fingerprint density at radius 1 is 1.26 bits per heavy atom. The molecule has 0 spiro atoms. The molecule has 0 aliphatic carbocycles. The highest BCUT2D eigenvalue weighted by Crippen LogP contribution is 2.36. The fraction of sp³-hybridized carbons (Fsp3) is 0.522. The van der Waals surface area contributed by atoms with Crippen LogP contribution in [0.5, 0.6) is 5.75 Å². The Kier molecular flexibility index (Phi) is 8.11. The van der Waals surface area contributed by atoms with Gasteiger partial charge in [0.25, 0.3) is 0 Å². The molecule has 3 atom stereocenters. The first-order valence-electron chi connectivity index (χ1n) is 11.2. The highest BCUT2D eigenvalue weighted by atomic mass is 32.2. The highest BCUT2D eigenvalue weighted by molar-refractivity contribution is 7.89. The lowest BCUT2D eigenvalue weighted by molar-refractivity contribution is 0.0810. The molecule has 1 aliphatic rings. The molecule has 1 aromatic heterocycles. The molecule has 34 heavy (non-hydrogen) atoms. The second-order valence-corrected chi connectivity index (χ2v) is 10.9. The Labute approximate surface area is 201 Å². The summed E-state index contributed by atoms with van der Waals surface area (Å²) in [6.07, 6.45) is 4.20. The normalized spacial score (nSPS) is 21.0. The van der Waals surface area contributed by atoms with E-state index in [2.05, 4.69) is 15.3 Å². The zero-order chi connectivity index (χ0) is 25.0. The fourth-order valence-electron chi connectivity index (χ4n) is 3.78. The van der Waals surface area contributed by atoms with Crippen molar-refractivity contribution in [3.63, 3.8) is 0 Å². The molecule has 3 rings (SSSR count). The number of carbonyl (C=O) groups excluding carboxylic acids is 1. The van der Waals surface area contributed by atoms with Gasteiger partial charge in [0.05, 0.1) is 13.2 Å². The zero-order valence-electron chi connectivity index (χ0n) is 20.2. The summed E-state index contributed by atoms with van der Waals surface area (Å²) in [5, 5.41) is 12.6. The third-order valence-electron chi connectivity index (χ3n) is 5.77. The van der Waals surface area contributed by atoms with Gasteiger partial charge in [-0.15, -0.1) is 0 Å². The minimum atomic E-state index is -3.95. The van der Waals surface area contributed by atoms with Crippen LogP contribution in [0.25, 0.3) is 11.1 Å². The highest BCUT2D eigenvalue weighted by Gasteiger charge is 2.38.